The number of pyridine rings is 3. The molecule has 0 bridgehead atoms. The summed E-state index contributed by atoms with van der Waals surface area (Å²) in [6, 6.07) is 14.3. The number of nitrogens with zero attached hydrogens (tertiary/aromatic N) is 7. The molecule has 5 aromatic heterocycles. The summed E-state index contributed by atoms with van der Waals surface area (Å²) in [5, 5.41) is 13.2. The normalized spacial score (nSPS) is 11.8. The molecule has 1 unspecified atom stereocenters. The number of hydrogen-bond acceptors (Lipinski definition) is 10. The number of nitrogens with one attached hydrogen (secondary N) is 3. The molecular weight excluding hydrogens is 520 g/mol. The van der Waals surface area contributed by atoms with Gasteiger partial charge in [-0.2, -0.15) is 5.10 Å². The molecule has 0 radical (unpaired) electrons. The summed E-state index contributed by atoms with van der Waals surface area (Å²) >= 11 is 0. The van der Waals surface area contributed by atoms with Crippen LogP contribution in [0.5, 0.6) is 5.88 Å². The standard InChI is InChI=1S/C29H28N10O2/c1-17-11-25(36-26-12-22(16-30-3)38-39-26)37-28(34-17)21-6-9-24(32-15-21)29(40)35-18(2)19-5-8-23(31-13-19)20-7-10-27(41-4)33-14-20/h5-16,18H,1-4H3,(H,35,40)(H2,34,36,37,38,39). The first-order valence-electron chi connectivity index (χ1n) is 12.8. The molecule has 5 aromatic rings. The second-order valence-electron chi connectivity index (χ2n) is 9.13. The first-order valence-corrected chi connectivity index (χ1v) is 12.8. The number of aliphatic imine (C=N–C) groups is 1. The largest absolute Gasteiger partial charge is 0.481 e. The van der Waals surface area contributed by atoms with Gasteiger partial charge in [-0.05, 0) is 43.7 Å². The van der Waals surface area contributed by atoms with E-state index in [4.69, 9.17) is 4.74 Å². The number of anilines is 2. The van der Waals surface area contributed by atoms with Gasteiger partial charge < -0.3 is 15.4 Å². The first kappa shape index (κ1) is 27.1. The van der Waals surface area contributed by atoms with Crippen LogP contribution in [0.4, 0.5) is 11.6 Å². The van der Waals surface area contributed by atoms with Crippen LogP contribution in [0.3, 0.4) is 0 Å². The molecule has 12 nitrogen and oxygen atoms in total. The Morgan fingerprint density at radius 3 is 2.49 bits per heavy atom. The van der Waals surface area contributed by atoms with Crippen LogP contribution in [0.15, 0.2) is 72.1 Å². The summed E-state index contributed by atoms with van der Waals surface area (Å²) in [6.07, 6.45) is 6.70. The molecular formula is C29H28N10O2. The van der Waals surface area contributed by atoms with Crippen molar-refractivity contribution in [3.05, 3.63) is 89.8 Å². The number of aromatic nitrogens is 7. The molecule has 41 heavy (non-hydrogen) atoms. The number of hydrogen-bond donors (Lipinski definition) is 3. The lowest BCUT2D eigenvalue weighted by Crippen LogP contribution is -2.27. The maximum atomic E-state index is 12.9. The van der Waals surface area contributed by atoms with Crippen LogP contribution in [0.1, 0.15) is 40.4 Å². The number of methoxy groups -OCH3 is 1. The van der Waals surface area contributed by atoms with Crippen LogP contribution in [0.25, 0.3) is 22.6 Å². The number of ether oxygens (including phenoxy) is 1. The van der Waals surface area contributed by atoms with Gasteiger partial charge in [0.2, 0.25) is 5.88 Å². The molecule has 12 heteroatoms. The van der Waals surface area contributed by atoms with Gasteiger partial charge in [-0.15, -0.1) is 0 Å². The molecule has 0 aliphatic rings. The molecule has 0 saturated heterocycles. The highest BCUT2D eigenvalue weighted by atomic mass is 16.5. The predicted octanol–water partition coefficient (Wildman–Crippen LogP) is 4.32. The number of carbonyl (C=O) groups is 1. The lowest BCUT2D eigenvalue weighted by Gasteiger charge is -2.14. The second-order valence-corrected chi connectivity index (χ2v) is 9.13. The van der Waals surface area contributed by atoms with Gasteiger partial charge >= 0.3 is 0 Å². The van der Waals surface area contributed by atoms with Gasteiger partial charge in [-0.25, -0.2) is 15.0 Å². The van der Waals surface area contributed by atoms with Crippen molar-refractivity contribution in [3.8, 4) is 28.5 Å². The monoisotopic (exact) mass is 548 g/mol. The molecule has 1 amide bonds. The molecule has 0 aliphatic heterocycles. The summed E-state index contributed by atoms with van der Waals surface area (Å²) < 4.78 is 5.10. The molecule has 5 rings (SSSR count). The molecule has 3 N–H and O–H groups in total. The maximum Gasteiger partial charge on any atom is 0.270 e. The maximum absolute atomic E-state index is 12.9. The van der Waals surface area contributed by atoms with Crippen molar-refractivity contribution >= 4 is 23.8 Å². The zero-order chi connectivity index (χ0) is 28.8. The van der Waals surface area contributed by atoms with E-state index in [1.165, 1.54) is 0 Å². The average Bonchev–Trinajstić information content (AvgIpc) is 3.43. The lowest BCUT2D eigenvalue weighted by atomic mass is 10.1. The third-order valence-electron chi connectivity index (χ3n) is 6.11. The Morgan fingerprint density at radius 1 is 0.976 bits per heavy atom. The lowest BCUT2D eigenvalue weighted by molar-refractivity contribution is 0.0935. The van der Waals surface area contributed by atoms with E-state index >= 15 is 0 Å². The van der Waals surface area contributed by atoms with E-state index in [1.807, 2.05) is 44.2 Å². The van der Waals surface area contributed by atoms with E-state index in [0.29, 0.717) is 28.9 Å². The number of aromatic amines is 1. The minimum Gasteiger partial charge on any atom is -0.481 e. The molecule has 0 saturated carbocycles. The van der Waals surface area contributed by atoms with E-state index in [2.05, 4.69) is 50.7 Å². The van der Waals surface area contributed by atoms with Crippen molar-refractivity contribution in [1.29, 1.82) is 0 Å². The molecule has 5 heterocycles. The first-order chi connectivity index (χ1) is 19.9. The van der Waals surface area contributed by atoms with Crippen LogP contribution in [-0.4, -0.2) is 61.4 Å². The molecule has 0 aliphatic carbocycles. The van der Waals surface area contributed by atoms with Crippen molar-refractivity contribution in [2.24, 2.45) is 4.99 Å². The van der Waals surface area contributed by atoms with E-state index < -0.39 is 0 Å². The van der Waals surface area contributed by atoms with Gasteiger partial charge in [0, 0.05) is 66.9 Å². The number of aryl methyl sites for hydroxylation is 1. The molecule has 0 aromatic carbocycles. The smallest absolute Gasteiger partial charge is 0.270 e. The minimum absolute atomic E-state index is 0.278. The van der Waals surface area contributed by atoms with E-state index in [1.54, 1.807) is 57.2 Å². The van der Waals surface area contributed by atoms with Gasteiger partial charge in [0.1, 0.15) is 11.5 Å². The Kier molecular flexibility index (Phi) is 8.00. The highest BCUT2D eigenvalue weighted by Crippen LogP contribution is 2.22. The number of H-pyrrole nitrogens is 1. The molecule has 1 atom stereocenters. The summed E-state index contributed by atoms with van der Waals surface area (Å²) in [4.78, 5) is 39.1. The fraction of sp³-hybridized carbons (Fsp3) is 0.172. The predicted molar refractivity (Wildman–Crippen MR) is 155 cm³/mol. The Bertz CT molecular complexity index is 1660. The van der Waals surface area contributed by atoms with Crippen LogP contribution < -0.4 is 15.4 Å². The van der Waals surface area contributed by atoms with E-state index in [-0.39, 0.29) is 17.6 Å². The van der Waals surface area contributed by atoms with Crippen molar-refractivity contribution in [2.75, 3.05) is 19.5 Å². The van der Waals surface area contributed by atoms with Gasteiger partial charge in [0.05, 0.1) is 24.5 Å². The Morgan fingerprint density at radius 2 is 1.80 bits per heavy atom. The highest BCUT2D eigenvalue weighted by Gasteiger charge is 2.15. The fourth-order valence-corrected chi connectivity index (χ4v) is 4.00. The van der Waals surface area contributed by atoms with Gasteiger partial charge in [0.15, 0.2) is 11.6 Å². The zero-order valence-corrected chi connectivity index (χ0v) is 23.0. The Balaban J connectivity index is 1.23. The van der Waals surface area contributed by atoms with E-state index in [9.17, 15) is 4.79 Å². The average molecular weight is 549 g/mol. The van der Waals surface area contributed by atoms with E-state index in [0.717, 1.165) is 28.2 Å². The summed E-state index contributed by atoms with van der Waals surface area (Å²) in [6.45, 7) is 3.77. The third-order valence-corrected chi connectivity index (χ3v) is 6.11. The second kappa shape index (κ2) is 12.1. The Labute approximate surface area is 236 Å². The third kappa shape index (κ3) is 6.56. The van der Waals surface area contributed by atoms with Crippen molar-refractivity contribution in [2.45, 2.75) is 19.9 Å². The number of rotatable bonds is 9. The van der Waals surface area contributed by atoms with Crippen molar-refractivity contribution in [1.82, 2.24) is 40.4 Å². The molecule has 0 spiro atoms. The van der Waals surface area contributed by atoms with Crippen molar-refractivity contribution < 1.29 is 9.53 Å². The van der Waals surface area contributed by atoms with Gasteiger partial charge in [0.25, 0.3) is 5.91 Å². The number of amides is 1. The van der Waals surface area contributed by atoms with Gasteiger partial charge in [-0.1, -0.05) is 6.07 Å². The van der Waals surface area contributed by atoms with Crippen LogP contribution >= 0.6 is 0 Å². The number of carbonyl (C=O) groups excluding carboxylic acids is 1. The minimum atomic E-state index is -0.301. The quantitative estimate of drug-likeness (QED) is 0.228. The SMILES string of the molecule is CN=Cc1cc(Nc2cc(C)nc(-c3ccc(C(=O)NC(C)c4ccc(-c5ccc(OC)nc5)nc4)nc3)n2)n[nH]1. The van der Waals surface area contributed by atoms with Crippen molar-refractivity contribution in [3.63, 3.8) is 0 Å². The highest BCUT2D eigenvalue weighted by molar-refractivity contribution is 5.92. The molecule has 0 fully saturated rings. The topological polar surface area (TPSA) is 156 Å². The van der Waals surface area contributed by atoms with Crippen LogP contribution in [0, 0.1) is 6.92 Å². The summed E-state index contributed by atoms with van der Waals surface area (Å²) in [7, 11) is 3.26. The fourth-order valence-electron chi connectivity index (χ4n) is 4.00. The Hall–Kier alpha value is -5.52. The zero-order valence-electron chi connectivity index (χ0n) is 23.0. The summed E-state index contributed by atoms with van der Waals surface area (Å²) in [5.74, 6) is 1.90. The summed E-state index contributed by atoms with van der Waals surface area (Å²) in [5.41, 5.74) is 5.00. The van der Waals surface area contributed by atoms with Crippen LogP contribution in [-0.2, 0) is 0 Å². The molecule has 206 valence electrons. The van der Waals surface area contributed by atoms with Gasteiger partial charge in [-0.3, -0.25) is 24.9 Å². The van der Waals surface area contributed by atoms with Crippen LogP contribution in [0.2, 0.25) is 0 Å².